The van der Waals surface area contributed by atoms with Gasteiger partial charge in [0, 0.05) is 6.54 Å². The van der Waals surface area contributed by atoms with E-state index in [4.69, 9.17) is 4.74 Å². The van der Waals surface area contributed by atoms with Crippen molar-refractivity contribution < 1.29 is 14.6 Å². The fraction of sp³-hybridized carbons (Fsp3) is 0.923. The first kappa shape index (κ1) is 12.7. The molecule has 3 atom stereocenters. The highest BCUT2D eigenvalue weighted by Crippen LogP contribution is 2.42. The van der Waals surface area contributed by atoms with E-state index < -0.39 is 5.60 Å². The highest BCUT2D eigenvalue weighted by Gasteiger charge is 2.46. The van der Waals surface area contributed by atoms with Gasteiger partial charge in [-0.15, -0.1) is 0 Å². The molecule has 2 rings (SSSR count). The minimum Gasteiger partial charge on any atom is -0.444 e. The Labute approximate surface area is 103 Å². The predicted octanol–water partition coefficient (Wildman–Crippen LogP) is 2.01. The van der Waals surface area contributed by atoms with Crippen molar-refractivity contribution in [1.82, 2.24) is 4.90 Å². The first-order valence-electron chi connectivity index (χ1n) is 6.53. The Morgan fingerprint density at radius 3 is 2.71 bits per heavy atom. The SMILES string of the molecule is CC(C)(C)OC(=O)N1C[C@H]2CCC[C@H]2C1CO. The van der Waals surface area contributed by atoms with Gasteiger partial charge in [-0.3, -0.25) is 0 Å². The summed E-state index contributed by atoms with van der Waals surface area (Å²) >= 11 is 0. The van der Waals surface area contributed by atoms with E-state index in [0.717, 1.165) is 13.0 Å². The number of aliphatic hydroxyl groups excluding tert-OH is 1. The molecule has 4 nitrogen and oxygen atoms in total. The van der Waals surface area contributed by atoms with Crippen molar-refractivity contribution >= 4 is 6.09 Å². The Balaban J connectivity index is 2.03. The smallest absolute Gasteiger partial charge is 0.410 e. The van der Waals surface area contributed by atoms with Gasteiger partial charge in [-0.25, -0.2) is 4.79 Å². The van der Waals surface area contributed by atoms with Crippen molar-refractivity contribution in [2.75, 3.05) is 13.2 Å². The number of rotatable bonds is 1. The van der Waals surface area contributed by atoms with E-state index in [0.29, 0.717) is 11.8 Å². The predicted molar refractivity (Wildman–Crippen MR) is 64.6 cm³/mol. The number of carbonyl (C=O) groups excluding carboxylic acids is 1. The number of carbonyl (C=O) groups is 1. The molecule has 2 fully saturated rings. The maximum atomic E-state index is 12.1. The van der Waals surface area contributed by atoms with Gasteiger partial charge in [-0.2, -0.15) is 0 Å². The maximum Gasteiger partial charge on any atom is 0.410 e. The van der Waals surface area contributed by atoms with Crippen LogP contribution in [-0.4, -0.2) is 40.9 Å². The largest absolute Gasteiger partial charge is 0.444 e. The first-order chi connectivity index (χ1) is 7.92. The number of fused-ring (bicyclic) bond motifs is 1. The van der Waals surface area contributed by atoms with Crippen LogP contribution >= 0.6 is 0 Å². The third-order valence-electron chi connectivity index (χ3n) is 3.86. The molecule has 1 aliphatic heterocycles. The summed E-state index contributed by atoms with van der Waals surface area (Å²) in [5.74, 6) is 1.05. The fourth-order valence-electron chi connectivity index (χ4n) is 3.18. The van der Waals surface area contributed by atoms with Crippen molar-refractivity contribution in [2.45, 2.75) is 51.7 Å². The Morgan fingerprint density at radius 1 is 1.41 bits per heavy atom. The van der Waals surface area contributed by atoms with Crippen molar-refractivity contribution in [3.05, 3.63) is 0 Å². The summed E-state index contributed by atoms with van der Waals surface area (Å²) < 4.78 is 5.39. The standard InChI is InChI=1S/C13H23NO3/c1-13(2,3)17-12(16)14-7-9-5-4-6-10(9)11(14)8-15/h9-11,15H,4-8H2,1-3H3/t9-,10-,11?/m1/s1. The summed E-state index contributed by atoms with van der Waals surface area (Å²) in [6.45, 7) is 6.42. The fourth-order valence-corrected chi connectivity index (χ4v) is 3.18. The molecule has 1 saturated heterocycles. The molecule has 1 N–H and O–H groups in total. The van der Waals surface area contributed by atoms with Crippen LogP contribution in [0.4, 0.5) is 4.79 Å². The Kier molecular flexibility index (Phi) is 3.34. The lowest BCUT2D eigenvalue weighted by Crippen LogP contribution is -2.43. The summed E-state index contributed by atoms with van der Waals surface area (Å²) in [5, 5.41) is 9.48. The number of hydrogen-bond donors (Lipinski definition) is 1. The lowest BCUT2D eigenvalue weighted by Gasteiger charge is -2.29. The van der Waals surface area contributed by atoms with Crippen LogP contribution in [0.15, 0.2) is 0 Å². The lowest BCUT2D eigenvalue weighted by molar-refractivity contribution is 0.0140. The zero-order valence-electron chi connectivity index (χ0n) is 11.0. The topological polar surface area (TPSA) is 49.8 Å². The van der Waals surface area contributed by atoms with E-state index in [9.17, 15) is 9.90 Å². The quantitative estimate of drug-likeness (QED) is 0.764. The van der Waals surface area contributed by atoms with Crippen LogP contribution in [-0.2, 0) is 4.74 Å². The van der Waals surface area contributed by atoms with Crippen molar-refractivity contribution in [3.8, 4) is 0 Å². The number of likely N-dealkylation sites (tertiary alicyclic amines) is 1. The van der Waals surface area contributed by atoms with Gasteiger partial charge >= 0.3 is 6.09 Å². The van der Waals surface area contributed by atoms with Crippen LogP contribution in [0.25, 0.3) is 0 Å². The van der Waals surface area contributed by atoms with Gasteiger partial charge in [-0.1, -0.05) is 6.42 Å². The van der Waals surface area contributed by atoms with Gasteiger partial charge in [-0.05, 0) is 45.4 Å². The third-order valence-corrected chi connectivity index (χ3v) is 3.86. The third kappa shape index (κ3) is 2.57. The molecule has 1 heterocycles. The zero-order chi connectivity index (χ0) is 12.6. The van der Waals surface area contributed by atoms with Gasteiger partial charge in [0.2, 0.25) is 0 Å². The van der Waals surface area contributed by atoms with Crippen LogP contribution in [0, 0.1) is 11.8 Å². The molecule has 0 spiro atoms. The summed E-state index contributed by atoms with van der Waals surface area (Å²) in [6.07, 6.45) is 3.27. The minimum atomic E-state index is -0.464. The second-order valence-corrected chi connectivity index (χ2v) is 6.24. The number of amides is 1. The minimum absolute atomic E-state index is 0.0302. The van der Waals surface area contributed by atoms with Crippen molar-refractivity contribution in [3.63, 3.8) is 0 Å². The zero-order valence-corrected chi connectivity index (χ0v) is 11.0. The summed E-state index contributed by atoms with van der Waals surface area (Å²) in [6, 6.07) is -0.0302. The average molecular weight is 241 g/mol. The summed E-state index contributed by atoms with van der Waals surface area (Å²) in [5.41, 5.74) is -0.464. The molecule has 1 aliphatic carbocycles. The van der Waals surface area contributed by atoms with Crippen molar-refractivity contribution in [2.24, 2.45) is 11.8 Å². The highest BCUT2D eigenvalue weighted by molar-refractivity contribution is 5.69. The second-order valence-electron chi connectivity index (χ2n) is 6.24. The van der Waals surface area contributed by atoms with Gasteiger partial charge in [0.1, 0.15) is 5.60 Å². The molecule has 1 amide bonds. The monoisotopic (exact) mass is 241 g/mol. The molecule has 98 valence electrons. The van der Waals surface area contributed by atoms with Gasteiger partial charge in [0.25, 0.3) is 0 Å². The molecule has 0 aromatic carbocycles. The van der Waals surface area contributed by atoms with Crippen LogP contribution in [0.1, 0.15) is 40.0 Å². The number of aliphatic hydroxyl groups is 1. The molecule has 4 heteroatoms. The average Bonchev–Trinajstić information content (AvgIpc) is 2.72. The summed E-state index contributed by atoms with van der Waals surface area (Å²) in [7, 11) is 0. The van der Waals surface area contributed by atoms with Crippen LogP contribution in [0.3, 0.4) is 0 Å². The summed E-state index contributed by atoms with van der Waals surface area (Å²) in [4.78, 5) is 13.8. The van der Waals surface area contributed by atoms with Gasteiger partial charge in [0.05, 0.1) is 12.6 Å². The van der Waals surface area contributed by atoms with E-state index in [-0.39, 0.29) is 18.7 Å². The maximum absolute atomic E-state index is 12.1. The Morgan fingerprint density at radius 2 is 2.12 bits per heavy atom. The van der Waals surface area contributed by atoms with E-state index in [1.807, 2.05) is 20.8 Å². The molecule has 0 radical (unpaired) electrons. The number of hydrogen-bond acceptors (Lipinski definition) is 3. The normalized spacial score (nSPS) is 32.7. The molecular weight excluding hydrogens is 218 g/mol. The van der Waals surface area contributed by atoms with E-state index in [1.54, 1.807) is 4.90 Å². The van der Waals surface area contributed by atoms with Gasteiger partial charge < -0.3 is 14.7 Å². The molecule has 0 aromatic rings. The van der Waals surface area contributed by atoms with Crippen molar-refractivity contribution in [1.29, 1.82) is 0 Å². The molecule has 17 heavy (non-hydrogen) atoms. The van der Waals surface area contributed by atoms with E-state index in [2.05, 4.69) is 0 Å². The first-order valence-corrected chi connectivity index (χ1v) is 6.53. The van der Waals surface area contributed by atoms with E-state index >= 15 is 0 Å². The molecule has 2 aliphatic rings. The molecule has 1 saturated carbocycles. The van der Waals surface area contributed by atoms with Crippen LogP contribution < -0.4 is 0 Å². The Hall–Kier alpha value is -0.770. The molecular formula is C13H23NO3. The Bertz CT molecular complexity index is 298. The number of ether oxygens (including phenoxy) is 1. The lowest BCUT2D eigenvalue weighted by atomic mass is 9.94. The number of nitrogens with zero attached hydrogens (tertiary/aromatic N) is 1. The molecule has 1 unspecified atom stereocenters. The van der Waals surface area contributed by atoms with Crippen LogP contribution in [0.5, 0.6) is 0 Å². The molecule has 0 aromatic heterocycles. The molecule has 0 bridgehead atoms. The van der Waals surface area contributed by atoms with Gasteiger partial charge in [0.15, 0.2) is 0 Å². The second kappa shape index (κ2) is 4.48. The highest BCUT2D eigenvalue weighted by atomic mass is 16.6. The van der Waals surface area contributed by atoms with E-state index in [1.165, 1.54) is 12.8 Å². The van der Waals surface area contributed by atoms with Crippen LogP contribution in [0.2, 0.25) is 0 Å².